The fraction of sp³-hybridized carbons (Fsp3) is 0.412. The molecule has 1 heterocycles. The number of aromatic nitrogens is 1. The molecule has 1 aromatic carbocycles. The first-order chi connectivity index (χ1) is 9.95. The van der Waals surface area contributed by atoms with Gasteiger partial charge in [0.2, 0.25) is 5.91 Å². The monoisotopic (exact) mass is 302 g/mol. The first-order valence-corrected chi connectivity index (χ1v) is 8.15. The molecular formula is C17H22N2OS. The Labute approximate surface area is 130 Å². The minimum absolute atomic E-state index is 0.0274. The van der Waals surface area contributed by atoms with Gasteiger partial charge in [0.15, 0.2) is 5.13 Å². The zero-order chi connectivity index (χ0) is 15.4. The quantitative estimate of drug-likeness (QED) is 0.886. The molecule has 0 spiro atoms. The summed E-state index contributed by atoms with van der Waals surface area (Å²) in [5, 5.41) is 5.59. The smallest absolute Gasteiger partial charge is 0.226 e. The number of thiazole rings is 1. The van der Waals surface area contributed by atoms with E-state index in [0.717, 1.165) is 12.1 Å². The van der Waals surface area contributed by atoms with E-state index in [2.05, 4.69) is 56.2 Å². The maximum Gasteiger partial charge on any atom is 0.226 e. The minimum Gasteiger partial charge on any atom is -0.302 e. The lowest BCUT2D eigenvalue weighted by atomic mass is 10.0. The SMILES string of the molecule is Cc1ccc(CCC(=O)Nc2nc(C(C)C)cs2)c(C)c1. The Morgan fingerprint density at radius 1 is 1.33 bits per heavy atom. The van der Waals surface area contributed by atoms with Crippen LogP contribution in [0.5, 0.6) is 0 Å². The Balaban J connectivity index is 1.89. The molecule has 4 heteroatoms. The van der Waals surface area contributed by atoms with E-state index in [-0.39, 0.29) is 5.91 Å². The summed E-state index contributed by atoms with van der Waals surface area (Å²) in [7, 11) is 0. The van der Waals surface area contributed by atoms with Gasteiger partial charge in [0.1, 0.15) is 0 Å². The van der Waals surface area contributed by atoms with Crippen molar-refractivity contribution in [3.63, 3.8) is 0 Å². The van der Waals surface area contributed by atoms with Gasteiger partial charge in [-0.2, -0.15) is 0 Å². The van der Waals surface area contributed by atoms with Crippen LogP contribution in [0.3, 0.4) is 0 Å². The van der Waals surface area contributed by atoms with E-state index in [1.54, 1.807) is 0 Å². The van der Waals surface area contributed by atoms with Crippen LogP contribution >= 0.6 is 11.3 Å². The average Bonchev–Trinajstić information content (AvgIpc) is 2.86. The predicted molar refractivity (Wildman–Crippen MR) is 89.1 cm³/mol. The van der Waals surface area contributed by atoms with Gasteiger partial charge >= 0.3 is 0 Å². The molecule has 0 bridgehead atoms. The van der Waals surface area contributed by atoms with Crippen LogP contribution in [0.25, 0.3) is 0 Å². The van der Waals surface area contributed by atoms with Crippen LogP contribution in [0.1, 0.15) is 48.6 Å². The number of nitrogens with one attached hydrogen (secondary N) is 1. The van der Waals surface area contributed by atoms with Crippen LogP contribution in [0.2, 0.25) is 0 Å². The molecule has 112 valence electrons. The van der Waals surface area contributed by atoms with Crippen molar-refractivity contribution in [3.8, 4) is 0 Å². The van der Waals surface area contributed by atoms with Gasteiger partial charge in [-0.1, -0.05) is 37.6 Å². The average molecular weight is 302 g/mol. The Bertz CT molecular complexity index is 631. The Morgan fingerprint density at radius 3 is 2.71 bits per heavy atom. The van der Waals surface area contributed by atoms with Gasteiger partial charge in [-0.15, -0.1) is 11.3 Å². The number of benzene rings is 1. The Hall–Kier alpha value is -1.68. The maximum absolute atomic E-state index is 12.0. The van der Waals surface area contributed by atoms with Crippen LogP contribution < -0.4 is 5.32 Å². The lowest BCUT2D eigenvalue weighted by Crippen LogP contribution is -2.12. The molecule has 0 unspecified atom stereocenters. The summed E-state index contributed by atoms with van der Waals surface area (Å²) in [5.74, 6) is 0.418. The van der Waals surface area contributed by atoms with E-state index in [4.69, 9.17) is 0 Å². The second-order valence-electron chi connectivity index (χ2n) is 5.71. The maximum atomic E-state index is 12.0. The zero-order valence-corrected chi connectivity index (χ0v) is 13.9. The van der Waals surface area contributed by atoms with Gasteiger partial charge in [0.05, 0.1) is 5.69 Å². The molecule has 1 amide bonds. The van der Waals surface area contributed by atoms with Crippen LogP contribution in [0.4, 0.5) is 5.13 Å². The van der Waals surface area contributed by atoms with Crippen molar-refractivity contribution in [2.75, 3.05) is 5.32 Å². The number of carbonyl (C=O) groups excluding carboxylic acids is 1. The molecule has 0 aliphatic heterocycles. The summed E-state index contributed by atoms with van der Waals surface area (Å²) < 4.78 is 0. The number of hydrogen-bond acceptors (Lipinski definition) is 3. The Morgan fingerprint density at radius 2 is 2.10 bits per heavy atom. The van der Waals surface area contributed by atoms with E-state index in [0.29, 0.717) is 17.5 Å². The molecule has 1 N–H and O–H groups in total. The summed E-state index contributed by atoms with van der Waals surface area (Å²) in [6, 6.07) is 6.36. The minimum atomic E-state index is 0.0274. The number of nitrogens with zero attached hydrogens (tertiary/aromatic N) is 1. The molecule has 0 aliphatic carbocycles. The second kappa shape index (κ2) is 6.85. The molecular weight excluding hydrogens is 280 g/mol. The molecule has 2 rings (SSSR count). The molecule has 3 nitrogen and oxygen atoms in total. The zero-order valence-electron chi connectivity index (χ0n) is 13.1. The largest absolute Gasteiger partial charge is 0.302 e. The molecule has 21 heavy (non-hydrogen) atoms. The fourth-order valence-corrected chi connectivity index (χ4v) is 3.05. The summed E-state index contributed by atoms with van der Waals surface area (Å²) in [6.07, 6.45) is 1.25. The van der Waals surface area contributed by atoms with Crippen molar-refractivity contribution in [2.24, 2.45) is 0 Å². The summed E-state index contributed by atoms with van der Waals surface area (Å²) in [4.78, 5) is 16.4. The van der Waals surface area contributed by atoms with Crippen LogP contribution in [0.15, 0.2) is 23.6 Å². The molecule has 0 saturated heterocycles. The first kappa shape index (κ1) is 15.7. The number of rotatable bonds is 5. The predicted octanol–water partition coefficient (Wildman–Crippen LogP) is 4.45. The molecule has 0 aliphatic rings. The highest BCUT2D eigenvalue weighted by molar-refractivity contribution is 7.13. The molecule has 0 saturated carbocycles. The van der Waals surface area contributed by atoms with Crippen molar-refractivity contribution >= 4 is 22.4 Å². The van der Waals surface area contributed by atoms with Crippen molar-refractivity contribution in [1.82, 2.24) is 4.98 Å². The van der Waals surface area contributed by atoms with Crippen LogP contribution in [0, 0.1) is 13.8 Å². The highest BCUT2D eigenvalue weighted by atomic mass is 32.1. The third-order valence-electron chi connectivity index (χ3n) is 3.48. The van der Waals surface area contributed by atoms with Gasteiger partial charge < -0.3 is 5.32 Å². The highest BCUT2D eigenvalue weighted by Crippen LogP contribution is 2.21. The van der Waals surface area contributed by atoms with E-state index in [1.165, 1.54) is 28.0 Å². The third-order valence-corrected chi connectivity index (χ3v) is 4.26. The molecule has 0 radical (unpaired) electrons. The van der Waals surface area contributed by atoms with Gasteiger partial charge in [-0.25, -0.2) is 4.98 Å². The number of amides is 1. The van der Waals surface area contributed by atoms with Crippen LogP contribution in [-0.2, 0) is 11.2 Å². The topological polar surface area (TPSA) is 42.0 Å². The Kier molecular flexibility index (Phi) is 5.12. The second-order valence-corrected chi connectivity index (χ2v) is 6.57. The molecule has 0 fully saturated rings. The normalized spacial score (nSPS) is 10.9. The molecule has 0 atom stereocenters. The number of aryl methyl sites for hydroxylation is 3. The standard InChI is InChI=1S/C17H22N2OS/c1-11(2)15-10-21-17(18-15)19-16(20)8-7-14-6-5-12(3)9-13(14)4/h5-6,9-11H,7-8H2,1-4H3,(H,18,19,20). The van der Waals surface area contributed by atoms with E-state index >= 15 is 0 Å². The first-order valence-electron chi connectivity index (χ1n) is 7.27. The van der Waals surface area contributed by atoms with Crippen molar-refractivity contribution < 1.29 is 4.79 Å². The van der Waals surface area contributed by atoms with Gasteiger partial charge in [0, 0.05) is 11.8 Å². The number of carbonyl (C=O) groups is 1. The summed E-state index contributed by atoms with van der Waals surface area (Å²) in [6.45, 7) is 8.37. The highest BCUT2D eigenvalue weighted by Gasteiger charge is 2.09. The molecule has 2 aromatic rings. The fourth-order valence-electron chi connectivity index (χ4n) is 2.17. The van der Waals surface area contributed by atoms with Crippen molar-refractivity contribution in [3.05, 3.63) is 46.0 Å². The number of anilines is 1. The summed E-state index contributed by atoms with van der Waals surface area (Å²) in [5.41, 5.74) is 4.77. The van der Waals surface area contributed by atoms with E-state index in [9.17, 15) is 4.79 Å². The van der Waals surface area contributed by atoms with Crippen molar-refractivity contribution in [1.29, 1.82) is 0 Å². The summed E-state index contributed by atoms with van der Waals surface area (Å²) >= 11 is 1.49. The van der Waals surface area contributed by atoms with Gasteiger partial charge in [-0.3, -0.25) is 4.79 Å². The van der Waals surface area contributed by atoms with Gasteiger partial charge in [-0.05, 0) is 37.3 Å². The van der Waals surface area contributed by atoms with Crippen LogP contribution in [-0.4, -0.2) is 10.9 Å². The van der Waals surface area contributed by atoms with E-state index in [1.807, 2.05) is 5.38 Å². The lowest BCUT2D eigenvalue weighted by Gasteiger charge is -2.06. The third kappa shape index (κ3) is 4.39. The van der Waals surface area contributed by atoms with E-state index < -0.39 is 0 Å². The van der Waals surface area contributed by atoms with Crippen molar-refractivity contribution in [2.45, 2.75) is 46.5 Å². The lowest BCUT2D eigenvalue weighted by molar-refractivity contribution is -0.116. The molecule has 1 aromatic heterocycles. The van der Waals surface area contributed by atoms with Gasteiger partial charge in [0.25, 0.3) is 0 Å². The number of hydrogen-bond donors (Lipinski definition) is 1.